The fraction of sp³-hybridized carbons (Fsp3) is 1.00. The van der Waals surface area contributed by atoms with Crippen molar-refractivity contribution in [2.75, 3.05) is 13.2 Å². The highest BCUT2D eigenvalue weighted by Crippen LogP contribution is 2.16. The summed E-state index contributed by atoms with van der Waals surface area (Å²) in [6, 6.07) is 0. The zero-order chi connectivity index (χ0) is 11.0. The van der Waals surface area contributed by atoms with E-state index in [1.54, 1.807) is 0 Å². The monoisotopic (exact) mass is 204 g/mol. The average molecular weight is 204 g/mol. The van der Waals surface area contributed by atoms with Crippen LogP contribution in [0.3, 0.4) is 0 Å². The van der Waals surface area contributed by atoms with Crippen LogP contribution in [-0.4, -0.2) is 35.6 Å². The van der Waals surface area contributed by atoms with Gasteiger partial charge in [-0.1, -0.05) is 33.6 Å². The minimum Gasteiger partial charge on any atom is -0.394 e. The van der Waals surface area contributed by atoms with Crippen molar-refractivity contribution in [1.82, 2.24) is 0 Å². The second-order valence-corrected chi connectivity index (χ2v) is 3.88. The highest BCUT2D eigenvalue weighted by Gasteiger charge is 2.16. The minimum atomic E-state index is -0.738. The Balaban J connectivity index is 3.83. The third kappa shape index (κ3) is 5.58. The number of aliphatic hydroxyl groups excluding tert-OH is 2. The van der Waals surface area contributed by atoms with Crippen LogP contribution in [0.1, 0.15) is 40.0 Å². The summed E-state index contributed by atoms with van der Waals surface area (Å²) in [4.78, 5) is 0. The first-order valence-corrected chi connectivity index (χ1v) is 5.56. The molecule has 3 heteroatoms. The van der Waals surface area contributed by atoms with Crippen LogP contribution in [0, 0.1) is 5.92 Å². The Hall–Kier alpha value is -0.120. The van der Waals surface area contributed by atoms with Crippen LogP contribution >= 0.6 is 0 Å². The lowest BCUT2D eigenvalue weighted by Crippen LogP contribution is -2.28. The topological polar surface area (TPSA) is 49.7 Å². The summed E-state index contributed by atoms with van der Waals surface area (Å²) < 4.78 is 5.58. The van der Waals surface area contributed by atoms with Crippen molar-refractivity contribution in [3.63, 3.8) is 0 Å². The summed E-state index contributed by atoms with van der Waals surface area (Å²) in [7, 11) is 0. The van der Waals surface area contributed by atoms with Crippen LogP contribution < -0.4 is 0 Å². The molecule has 0 heterocycles. The summed E-state index contributed by atoms with van der Waals surface area (Å²) in [6.07, 6.45) is 2.67. The van der Waals surface area contributed by atoms with Crippen LogP contribution in [0.4, 0.5) is 0 Å². The number of aliphatic hydroxyl groups is 2. The van der Waals surface area contributed by atoms with Gasteiger partial charge in [0.1, 0.15) is 6.10 Å². The Morgan fingerprint density at radius 2 is 1.93 bits per heavy atom. The highest BCUT2D eigenvalue weighted by atomic mass is 16.5. The van der Waals surface area contributed by atoms with Gasteiger partial charge in [-0.05, 0) is 12.3 Å². The van der Waals surface area contributed by atoms with E-state index in [9.17, 15) is 0 Å². The first-order valence-electron chi connectivity index (χ1n) is 5.56. The van der Waals surface area contributed by atoms with Crippen LogP contribution in [0.5, 0.6) is 0 Å². The maximum absolute atomic E-state index is 9.15. The molecule has 0 aliphatic carbocycles. The van der Waals surface area contributed by atoms with E-state index in [-0.39, 0.29) is 19.3 Å². The van der Waals surface area contributed by atoms with Crippen molar-refractivity contribution >= 4 is 0 Å². The van der Waals surface area contributed by atoms with E-state index in [4.69, 9.17) is 14.9 Å². The lowest BCUT2D eigenvalue weighted by molar-refractivity contribution is -0.0499. The number of ether oxygens (including phenoxy) is 1. The molecule has 0 amide bonds. The van der Waals surface area contributed by atoms with Gasteiger partial charge in [0.05, 0.1) is 19.3 Å². The van der Waals surface area contributed by atoms with Gasteiger partial charge in [0.15, 0.2) is 0 Å². The molecule has 3 nitrogen and oxygen atoms in total. The van der Waals surface area contributed by atoms with Crippen molar-refractivity contribution in [2.45, 2.75) is 52.2 Å². The molecular weight excluding hydrogens is 180 g/mol. The standard InChI is InChI=1S/C11H24O3/c1-4-6-11(9(3)5-2)14-8-10(13)7-12/h9-13H,4-8H2,1-3H3. The van der Waals surface area contributed by atoms with Gasteiger partial charge in [-0.2, -0.15) is 0 Å². The Bertz CT molecular complexity index is 128. The molecule has 3 atom stereocenters. The van der Waals surface area contributed by atoms with Crippen molar-refractivity contribution in [1.29, 1.82) is 0 Å². The summed E-state index contributed by atoms with van der Waals surface area (Å²) in [5, 5.41) is 17.8. The van der Waals surface area contributed by atoms with Crippen LogP contribution in [0.15, 0.2) is 0 Å². The zero-order valence-electron chi connectivity index (χ0n) is 9.57. The molecule has 2 N–H and O–H groups in total. The summed E-state index contributed by atoms with van der Waals surface area (Å²) >= 11 is 0. The van der Waals surface area contributed by atoms with Gasteiger partial charge in [0.25, 0.3) is 0 Å². The maximum Gasteiger partial charge on any atom is 0.100 e. The second kappa shape index (κ2) is 8.21. The smallest absolute Gasteiger partial charge is 0.100 e. The molecule has 14 heavy (non-hydrogen) atoms. The lowest BCUT2D eigenvalue weighted by atomic mass is 9.98. The largest absolute Gasteiger partial charge is 0.394 e. The third-order valence-electron chi connectivity index (χ3n) is 2.57. The molecule has 0 saturated carbocycles. The Kier molecular flexibility index (Phi) is 8.14. The zero-order valence-corrected chi connectivity index (χ0v) is 9.57. The van der Waals surface area contributed by atoms with Crippen molar-refractivity contribution in [3.8, 4) is 0 Å². The van der Waals surface area contributed by atoms with Gasteiger partial charge in [0, 0.05) is 0 Å². The van der Waals surface area contributed by atoms with Gasteiger partial charge in [-0.3, -0.25) is 0 Å². The Labute approximate surface area is 87.1 Å². The van der Waals surface area contributed by atoms with Crippen LogP contribution in [0.2, 0.25) is 0 Å². The molecule has 0 aromatic heterocycles. The first kappa shape index (κ1) is 13.9. The molecular formula is C11H24O3. The summed E-state index contributed by atoms with van der Waals surface area (Å²) in [6.45, 7) is 6.44. The van der Waals surface area contributed by atoms with Gasteiger partial charge < -0.3 is 14.9 Å². The molecule has 3 unspecified atom stereocenters. The highest BCUT2D eigenvalue weighted by molar-refractivity contribution is 4.65. The molecule has 0 saturated heterocycles. The van der Waals surface area contributed by atoms with Crippen molar-refractivity contribution < 1.29 is 14.9 Å². The quantitative estimate of drug-likeness (QED) is 0.631. The molecule has 0 aromatic carbocycles. The van der Waals surface area contributed by atoms with Crippen LogP contribution in [-0.2, 0) is 4.74 Å². The summed E-state index contributed by atoms with van der Waals surface area (Å²) in [5.74, 6) is 0.515. The summed E-state index contributed by atoms with van der Waals surface area (Å²) in [5.41, 5.74) is 0. The second-order valence-electron chi connectivity index (χ2n) is 3.88. The van der Waals surface area contributed by atoms with E-state index in [1.165, 1.54) is 0 Å². The van der Waals surface area contributed by atoms with E-state index in [0.29, 0.717) is 5.92 Å². The van der Waals surface area contributed by atoms with Gasteiger partial charge in [0.2, 0.25) is 0 Å². The van der Waals surface area contributed by atoms with Gasteiger partial charge >= 0.3 is 0 Å². The lowest BCUT2D eigenvalue weighted by Gasteiger charge is -2.24. The molecule has 0 radical (unpaired) electrons. The molecule has 0 aliphatic heterocycles. The molecule has 0 aliphatic rings. The fourth-order valence-corrected chi connectivity index (χ4v) is 1.37. The number of hydrogen-bond donors (Lipinski definition) is 2. The minimum absolute atomic E-state index is 0.214. The molecule has 0 bridgehead atoms. The fourth-order valence-electron chi connectivity index (χ4n) is 1.37. The van der Waals surface area contributed by atoms with E-state index in [0.717, 1.165) is 19.3 Å². The first-order chi connectivity index (χ1) is 6.65. The predicted molar refractivity (Wildman–Crippen MR) is 57.2 cm³/mol. The molecule has 0 aromatic rings. The average Bonchev–Trinajstić information content (AvgIpc) is 2.22. The van der Waals surface area contributed by atoms with Crippen molar-refractivity contribution in [2.24, 2.45) is 5.92 Å². The van der Waals surface area contributed by atoms with E-state index in [1.807, 2.05) is 0 Å². The van der Waals surface area contributed by atoms with Gasteiger partial charge in [-0.25, -0.2) is 0 Å². The SMILES string of the molecule is CCCC(OCC(O)CO)C(C)CC. The molecule has 0 rings (SSSR count). The Morgan fingerprint density at radius 1 is 1.29 bits per heavy atom. The molecule has 0 fully saturated rings. The van der Waals surface area contributed by atoms with Crippen LogP contribution in [0.25, 0.3) is 0 Å². The number of hydrogen-bond acceptors (Lipinski definition) is 3. The normalized spacial score (nSPS) is 17.8. The Morgan fingerprint density at radius 3 is 2.36 bits per heavy atom. The number of rotatable bonds is 8. The van der Waals surface area contributed by atoms with Crippen molar-refractivity contribution in [3.05, 3.63) is 0 Å². The van der Waals surface area contributed by atoms with E-state index < -0.39 is 6.10 Å². The third-order valence-corrected chi connectivity index (χ3v) is 2.57. The maximum atomic E-state index is 9.15. The molecule has 0 spiro atoms. The van der Waals surface area contributed by atoms with Gasteiger partial charge in [-0.15, -0.1) is 0 Å². The molecule has 86 valence electrons. The predicted octanol–water partition coefficient (Wildman–Crippen LogP) is 1.57. The van der Waals surface area contributed by atoms with E-state index in [2.05, 4.69) is 20.8 Å². The van der Waals surface area contributed by atoms with E-state index >= 15 is 0 Å².